The number of nitrogens with two attached hydrogens (primary N) is 1. The van der Waals surface area contributed by atoms with Crippen LogP contribution < -0.4 is 15.2 Å². The predicted octanol–water partition coefficient (Wildman–Crippen LogP) is 2.61. The molecule has 2 N–H and O–H groups in total. The molecule has 0 unspecified atom stereocenters. The quantitative estimate of drug-likeness (QED) is 0.878. The first-order chi connectivity index (χ1) is 9.26. The van der Waals surface area contributed by atoms with E-state index in [1.54, 1.807) is 6.07 Å². The molecule has 2 heterocycles. The molecular formula is C12H13N3O2S2. The maximum absolute atomic E-state index is 6.03. The number of benzene rings is 1. The van der Waals surface area contributed by atoms with Crippen molar-refractivity contribution < 1.29 is 9.47 Å². The van der Waals surface area contributed by atoms with E-state index >= 15 is 0 Å². The zero-order chi connectivity index (χ0) is 13.2. The molecule has 100 valence electrons. The summed E-state index contributed by atoms with van der Waals surface area (Å²) in [5, 5.41) is 0. The molecule has 1 aromatic heterocycles. The van der Waals surface area contributed by atoms with Gasteiger partial charge in [0, 0.05) is 29.1 Å². The molecule has 0 amide bonds. The Bertz CT molecular complexity index is 601. The van der Waals surface area contributed by atoms with Crippen molar-refractivity contribution in [2.75, 3.05) is 18.9 Å². The van der Waals surface area contributed by atoms with Crippen LogP contribution in [0.1, 0.15) is 12.7 Å². The van der Waals surface area contributed by atoms with Gasteiger partial charge in [-0.2, -0.15) is 4.37 Å². The lowest BCUT2D eigenvalue weighted by Gasteiger charge is -2.19. The molecule has 0 saturated carbocycles. The fraction of sp³-hybridized carbons (Fsp3) is 0.333. The van der Waals surface area contributed by atoms with E-state index in [0.29, 0.717) is 24.7 Å². The van der Waals surface area contributed by atoms with Gasteiger partial charge in [0.1, 0.15) is 19.0 Å². The fourth-order valence-corrected chi connectivity index (χ4v) is 3.40. The van der Waals surface area contributed by atoms with Gasteiger partial charge >= 0.3 is 0 Å². The minimum atomic E-state index is 0.565. The minimum absolute atomic E-state index is 0.565. The molecule has 0 atom stereocenters. The Morgan fingerprint density at radius 2 is 2.05 bits per heavy atom. The zero-order valence-electron chi connectivity index (χ0n) is 10.4. The molecule has 19 heavy (non-hydrogen) atoms. The first kappa shape index (κ1) is 12.6. The van der Waals surface area contributed by atoms with E-state index in [1.165, 1.54) is 23.3 Å². The SMILES string of the molecule is CCc1nsc(Sc2cc3c(cc2N)OCCO3)n1. The van der Waals surface area contributed by atoms with Gasteiger partial charge in [-0.15, -0.1) is 0 Å². The van der Waals surface area contributed by atoms with E-state index in [4.69, 9.17) is 15.2 Å². The van der Waals surface area contributed by atoms with E-state index in [1.807, 2.05) is 13.0 Å². The third-order valence-electron chi connectivity index (χ3n) is 2.64. The first-order valence-electron chi connectivity index (χ1n) is 5.96. The Balaban J connectivity index is 1.87. The maximum atomic E-state index is 6.03. The van der Waals surface area contributed by atoms with Crippen molar-refractivity contribution in [3.63, 3.8) is 0 Å². The molecule has 5 nitrogen and oxygen atoms in total. The summed E-state index contributed by atoms with van der Waals surface area (Å²) in [6, 6.07) is 3.71. The summed E-state index contributed by atoms with van der Waals surface area (Å²) in [5.74, 6) is 2.31. The Hall–Kier alpha value is -1.47. The largest absolute Gasteiger partial charge is 0.486 e. The molecule has 1 aromatic carbocycles. The van der Waals surface area contributed by atoms with Crippen LogP contribution in [0.4, 0.5) is 5.69 Å². The Labute approximate surface area is 119 Å². The van der Waals surface area contributed by atoms with Crippen molar-refractivity contribution in [3.8, 4) is 11.5 Å². The topological polar surface area (TPSA) is 70.3 Å². The number of rotatable bonds is 3. The summed E-state index contributed by atoms with van der Waals surface area (Å²) >= 11 is 2.90. The molecule has 2 aromatic rings. The van der Waals surface area contributed by atoms with E-state index < -0.39 is 0 Å². The highest BCUT2D eigenvalue weighted by atomic mass is 32.2. The molecule has 0 fully saturated rings. The number of anilines is 1. The number of aromatic nitrogens is 2. The second-order valence-electron chi connectivity index (χ2n) is 3.97. The number of nitrogen functional groups attached to an aromatic ring is 1. The van der Waals surface area contributed by atoms with Crippen LogP contribution in [0.5, 0.6) is 11.5 Å². The number of aryl methyl sites for hydroxylation is 1. The average molecular weight is 295 g/mol. The summed E-state index contributed by atoms with van der Waals surface area (Å²) in [4.78, 5) is 5.34. The summed E-state index contributed by atoms with van der Waals surface area (Å²) in [6.45, 7) is 3.17. The predicted molar refractivity (Wildman–Crippen MR) is 75.3 cm³/mol. The van der Waals surface area contributed by atoms with Crippen molar-refractivity contribution in [2.45, 2.75) is 22.6 Å². The number of nitrogens with zero attached hydrogens (tertiary/aromatic N) is 2. The van der Waals surface area contributed by atoms with Crippen LogP contribution >= 0.6 is 23.3 Å². The monoisotopic (exact) mass is 295 g/mol. The van der Waals surface area contributed by atoms with E-state index in [0.717, 1.165) is 27.2 Å². The molecule has 3 rings (SSSR count). The van der Waals surface area contributed by atoms with Crippen LogP contribution in [0.3, 0.4) is 0 Å². The molecular weight excluding hydrogens is 282 g/mol. The summed E-state index contributed by atoms with van der Waals surface area (Å²) in [7, 11) is 0. The highest BCUT2D eigenvalue weighted by Gasteiger charge is 2.16. The Morgan fingerprint density at radius 3 is 2.74 bits per heavy atom. The highest BCUT2D eigenvalue weighted by Crippen LogP contribution is 2.41. The first-order valence-corrected chi connectivity index (χ1v) is 7.55. The molecule has 0 bridgehead atoms. The van der Waals surface area contributed by atoms with Gasteiger partial charge in [-0.25, -0.2) is 4.98 Å². The van der Waals surface area contributed by atoms with Crippen LogP contribution in [0.25, 0.3) is 0 Å². The number of ether oxygens (including phenoxy) is 2. The standard InChI is InChI=1S/C12H13N3O2S2/c1-2-11-14-12(19-15-11)18-10-6-9-8(5-7(10)13)16-3-4-17-9/h5-6H,2-4,13H2,1H3. The van der Waals surface area contributed by atoms with Crippen LogP contribution in [0, 0.1) is 0 Å². The van der Waals surface area contributed by atoms with Gasteiger partial charge in [-0.3, -0.25) is 0 Å². The van der Waals surface area contributed by atoms with E-state index in [-0.39, 0.29) is 0 Å². The number of hydrogen-bond acceptors (Lipinski definition) is 7. The van der Waals surface area contributed by atoms with Gasteiger partial charge in [0.25, 0.3) is 0 Å². The smallest absolute Gasteiger partial charge is 0.174 e. The van der Waals surface area contributed by atoms with Gasteiger partial charge in [-0.05, 0) is 11.5 Å². The van der Waals surface area contributed by atoms with Gasteiger partial charge in [0.2, 0.25) is 0 Å². The van der Waals surface area contributed by atoms with Crippen LogP contribution in [-0.2, 0) is 6.42 Å². The van der Waals surface area contributed by atoms with Gasteiger partial charge in [0.15, 0.2) is 15.8 Å². The van der Waals surface area contributed by atoms with Crippen molar-refractivity contribution in [1.29, 1.82) is 0 Å². The molecule has 0 radical (unpaired) electrons. The summed E-state index contributed by atoms with van der Waals surface area (Å²) in [5.41, 5.74) is 6.70. The van der Waals surface area contributed by atoms with Crippen molar-refractivity contribution >= 4 is 29.0 Å². The van der Waals surface area contributed by atoms with Crippen molar-refractivity contribution in [1.82, 2.24) is 9.36 Å². The van der Waals surface area contributed by atoms with E-state index in [9.17, 15) is 0 Å². The van der Waals surface area contributed by atoms with Crippen molar-refractivity contribution in [2.24, 2.45) is 0 Å². The van der Waals surface area contributed by atoms with Gasteiger partial charge in [-0.1, -0.05) is 18.7 Å². The van der Waals surface area contributed by atoms with Crippen LogP contribution in [0.15, 0.2) is 21.4 Å². The van der Waals surface area contributed by atoms with Gasteiger partial charge < -0.3 is 15.2 Å². The fourth-order valence-electron chi connectivity index (χ4n) is 1.69. The second kappa shape index (κ2) is 5.26. The summed E-state index contributed by atoms with van der Waals surface area (Å²) in [6.07, 6.45) is 0.841. The van der Waals surface area contributed by atoms with E-state index in [2.05, 4.69) is 9.36 Å². The molecule has 1 aliphatic heterocycles. The number of hydrogen-bond donors (Lipinski definition) is 1. The third kappa shape index (κ3) is 2.62. The number of fused-ring (bicyclic) bond motifs is 1. The lowest BCUT2D eigenvalue weighted by atomic mass is 10.2. The summed E-state index contributed by atoms with van der Waals surface area (Å²) < 4.78 is 16.2. The van der Waals surface area contributed by atoms with Crippen molar-refractivity contribution in [3.05, 3.63) is 18.0 Å². The lowest BCUT2D eigenvalue weighted by molar-refractivity contribution is 0.171. The molecule has 0 aliphatic carbocycles. The molecule has 0 saturated heterocycles. The van der Waals surface area contributed by atoms with Gasteiger partial charge in [0.05, 0.1) is 0 Å². The molecule has 1 aliphatic rings. The minimum Gasteiger partial charge on any atom is -0.486 e. The lowest BCUT2D eigenvalue weighted by Crippen LogP contribution is -2.15. The normalized spacial score (nSPS) is 13.5. The maximum Gasteiger partial charge on any atom is 0.174 e. The van der Waals surface area contributed by atoms with Crippen LogP contribution in [0.2, 0.25) is 0 Å². The second-order valence-corrected chi connectivity index (χ2v) is 6.01. The zero-order valence-corrected chi connectivity index (χ0v) is 12.0. The van der Waals surface area contributed by atoms with Crippen LogP contribution in [-0.4, -0.2) is 22.6 Å². The average Bonchev–Trinajstić information content (AvgIpc) is 2.87. The molecule has 7 heteroatoms. The third-order valence-corrected chi connectivity index (χ3v) is 4.50. The Morgan fingerprint density at radius 1 is 1.32 bits per heavy atom. The Kier molecular flexibility index (Phi) is 3.48. The molecule has 0 spiro atoms. The highest BCUT2D eigenvalue weighted by molar-refractivity contribution is 8.01.